The summed E-state index contributed by atoms with van der Waals surface area (Å²) in [5.74, 6) is -0.210. The molecule has 1 amide bonds. The third-order valence-electron chi connectivity index (χ3n) is 4.41. The maximum absolute atomic E-state index is 11.3. The topological polar surface area (TPSA) is 130 Å². The van der Waals surface area contributed by atoms with Crippen LogP contribution in [0.5, 0.6) is 5.75 Å². The van der Waals surface area contributed by atoms with E-state index in [0.717, 1.165) is 6.26 Å². The summed E-state index contributed by atoms with van der Waals surface area (Å²) in [6, 6.07) is 12.4. The number of likely N-dealkylation sites (tertiary alicyclic amines) is 1. The van der Waals surface area contributed by atoms with Gasteiger partial charge in [-0.3, -0.25) is 4.89 Å². The lowest BCUT2D eigenvalue weighted by Gasteiger charge is -2.30. The van der Waals surface area contributed by atoms with Crippen LogP contribution < -0.4 is 4.74 Å². The number of hydrogen-bond donors (Lipinski definition) is 2. The van der Waals surface area contributed by atoms with Gasteiger partial charge in [0.25, 0.3) is 0 Å². The summed E-state index contributed by atoms with van der Waals surface area (Å²) in [7, 11) is -3.20. The van der Waals surface area contributed by atoms with E-state index >= 15 is 0 Å². The maximum atomic E-state index is 11.3. The molecule has 0 aliphatic carbocycles. The van der Waals surface area contributed by atoms with E-state index < -0.39 is 21.9 Å². The molecule has 11 heteroatoms. The largest absolute Gasteiger partial charge is 0.490 e. The first-order chi connectivity index (χ1) is 14.6. The smallest absolute Gasteiger partial charge is 0.407 e. The van der Waals surface area contributed by atoms with Crippen molar-refractivity contribution in [2.75, 3.05) is 19.3 Å². The number of halogens is 1. The Bertz CT molecular complexity index is 1000. The Morgan fingerprint density at radius 3 is 2.19 bits per heavy atom. The zero-order valence-corrected chi connectivity index (χ0v) is 18.2. The van der Waals surface area contributed by atoms with E-state index in [0.29, 0.717) is 36.7 Å². The van der Waals surface area contributed by atoms with Crippen molar-refractivity contribution in [2.45, 2.75) is 23.8 Å². The maximum Gasteiger partial charge on any atom is 0.407 e. The van der Waals surface area contributed by atoms with Gasteiger partial charge < -0.3 is 14.7 Å². The fraction of sp³-hybridized carbons (Fsp3) is 0.300. The second-order valence-electron chi connectivity index (χ2n) is 6.72. The van der Waals surface area contributed by atoms with Crippen LogP contribution in [0.3, 0.4) is 0 Å². The molecule has 2 aromatic rings. The van der Waals surface area contributed by atoms with Crippen molar-refractivity contribution in [3.8, 4) is 5.75 Å². The van der Waals surface area contributed by atoms with Gasteiger partial charge in [0.1, 0.15) is 11.9 Å². The van der Waals surface area contributed by atoms with Crippen molar-refractivity contribution in [2.24, 2.45) is 0 Å². The number of amides is 1. The summed E-state index contributed by atoms with van der Waals surface area (Å²) >= 11 is 5.56. The molecule has 3 rings (SSSR count). The van der Waals surface area contributed by atoms with Crippen molar-refractivity contribution in [1.82, 2.24) is 4.90 Å². The van der Waals surface area contributed by atoms with Gasteiger partial charge in [0.05, 0.1) is 10.5 Å². The minimum absolute atomic E-state index is 0.0327. The Hall–Kier alpha value is -2.82. The Kier molecular flexibility index (Phi) is 8.66. The number of nitrogens with zero attached hydrogens (tertiary/aromatic N) is 1. The molecule has 1 aliphatic heterocycles. The van der Waals surface area contributed by atoms with Gasteiger partial charge in [-0.2, -0.15) is 5.26 Å². The fourth-order valence-electron chi connectivity index (χ4n) is 2.79. The van der Waals surface area contributed by atoms with Gasteiger partial charge in [0.2, 0.25) is 0 Å². The first-order valence-electron chi connectivity index (χ1n) is 9.16. The number of ether oxygens (including phenoxy) is 1. The molecule has 0 atom stereocenters. The van der Waals surface area contributed by atoms with E-state index in [9.17, 15) is 18.0 Å². The van der Waals surface area contributed by atoms with Crippen LogP contribution in [0.2, 0.25) is 5.02 Å². The molecule has 0 radical (unpaired) electrons. The predicted molar refractivity (Wildman–Crippen MR) is 112 cm³/mol. The molecule has 1 aliphatic rings. The van der Waals surface area contributed by atoms with Crippen LogP contribution in [0.25, 0.3) is 0 Å². The summed E-state index contributed by atoms with van der Waals surface area (Å²) < 4.78 is 28.4. The van der Waals surface area contributed by atoms with E-state index in [1.807, 2.05) is 0 Å². The highest BCUT2D eigenvalue weighted by atomic mass is 35.5. The highest BCUT2D eigenvalue weighted by Gasteiger charge is 2.23. The second-order valence-corrected chi connectivity index (χ2v) is 9.17. The molecule has 0 unspecified atom stereocenters. The van der Waals surface area contributed by atoms with Crippen molar-refractivity contribution in [3.05, 3.63) is 59.1 Å². The number of piperidine rings is 1. The molecule has 31 heavy (non-hydrogen) atoms. The SMILES string of the molecule is CS(=O)(=O)c1ccc(OC2CCN(C(=O)O)CC2)cc1.O=C(OO)c1cccc(Cl)c1. The number of hydrogen-bond acceptors (Lipinski definition) is 7. The van der Waals surface area contributed by atoms with Crippen molar-refractivity contribution in [1.29, 1.82) is 0 Å². The minimum Gasteiger partial charge on any atom is -0.490 e. The van der Waals surface area contributed by atoms with Gasteiger partial charge >= 0.3 is 12.1 Å². The average molecular weight is 472 g/mol. The van der Waals surface area contributed by atoms with E-state index in [1.54, 1.807) is 24.3 Å². The lowest BCUT2D eigenvalue weighted by molar-refractivity contribution is -0.182. The average Bonchev–Trinajstić information content (AvgIpc) is 2.74. The first-order valence-corrected chi connectivity index (χ1v) is 11.4. The van der Waals surface area contributed by atoms with Crippen LogP contribution in [-0.4, -0.2) is 61.2 Å². The quantitative estimate of drug-likeness (QED) is 0.511. The molecule has 0 aromatic heterocycles. The zero-order chi connectivity index (χ0) is 23.0. The number of carboxylic acid groups (broad SMARTS) is 1. The standard InChI is InChI=1S/C13H17NO5S.C7H5ClO3/c1-20(17,18)12-4-2-10(3-5-12)19-11-6-8-14(9-7-11)13(15)16;8-6-3-1-2-5(4-6)7(9)11-10/h2-5,11H,6-9H2,1H3,(H,15,16);1-4,10H. The van der Waals surface area contributed by atoms with Gasteiger partial charge in [-0.25, -0.2) is 18.0 Å². The normalized spacial score (nSPS) is 14.2. The van der Waals surface area contributed by atoms with Crippen LogP contribution in [0.4, 0.5) is 4.79 Å². The molecule has 2 aromatic carbocycles. The van der Waals surface area contributed by atoms with Crippen LogP contribution in [0.15, 0.2) is 53.4 Å². The van der Waals surface area contributed by atoms with Crippen LogP contribution in [-0.2, 0) is 14.7 Å². The number of carbonyl (C=O) groups excluding carboxylic acids is 1. The molecule has 0 saturated carbocycles. The van der Waals surface area contributed by atoms with Crippen molar-refractivity contribution < 1.29 is 38.0 Å². The van der Waals surface area contributed by atoms with Crippen LogP contribution >= 0.6 is 11.6 Å². The molecule has 9 nitrogen and oxygen atoms in total. The highest BCUT2D eigenvalue weighted by Crippen LogP contribution is 2.21. The minimum atomic E-state index is -3.20. The summed E-state index contributed by atoms with van der Waals surface area (Å²) in [6.45, 7) is 0.919. The van der Waals surface area contributed by atoms with E-state index in [-0.39, 0.29) is 16.6 Å². The molecule has 1 fully saturated rings. The Morgan fingerprint density at radius 2 is 1.71 bits per heavy atom. The molecule has 1 saturated heterocycles. The molecule has 1 heterocycles. The Labute approximate surface area is 184 Å². The number of sulfone groups is 1. The van der Waals surface area contributed by atoms with Gasteiger partial charge in [-0.15, -0.1) is 0 Å². The summed E-state index contributed by atoms with van der Waals surface area (Å²) in [6.07, 6.45) is 1.50. The summed E-state index contributed by atoms with van der Waals surface area (Å²) in [4.78, 5) is 26.5. The molecule has 2 N–H and O–H groups in total. The Balaban J connectivity index is 0.000000262. The van der Waals surface area contributed by atoms with Crippen LogP contribution in [0.1, 0.15) is 23.2 Å². The lowest BCUT2D eigenvalue weighted by atomic mass is 10.1. The van der Waals surface area contributed by atoms with Crippen molar-refractivity contribution >= 4 is 33.5 Å². The van der Waals surface area contributed by atoms with Gasteiger partial charge in [0, 0.05) is 37.2 Å². The zero-order valence-electron chi connectivity index (χ0n) is 16.6. The van der Waals surface area contributed by atoms with Gasteiger partial charge in [-0.05, 0) is 42.5 Å². The fourth-order valence-corrected chi connectivity index (χ4v) is 3.61. The van der Waals surface area contributed by atoms with Crippen molar-refractivity contribution in [3.63, 3.8) is 0 Å². The monoisotopic (exact) mass is 471 g/mol. The number of carbonyl (C=O) groups is 2. The summed E-state index contributed by atoms with van der Waals surface area (Å²) in [5, 5.41) is 17.3. The second kappa shape index (κ2) is 11.0. The van der Waals surface area contributed by atoms with E-state index in [1.165, 1.54) is 29.2 Å². The van der Waals surface area contributed by atoms with E-state index in [2.05, 4.69) is 4.89 Å². The molecule has 0 spiro atoms. The molecule has 168 valence electrons. The lowest BCUT2D eigenvalue weighted by Crippen LogP contribution is -2.41. The molecular weight excluding hydrogens is 450 g/mol. The highest BCUT2D eigenvalue weighted by molar-refractivity contribution is 7.90. The third-order valence-corrected chi connectivity index (χ3v) is 5.77. The third kappa shape index (κ3) is 7.74. The summed E-state index contributed by atoms with van der Waals surface area (Å²) in [5.41, 5.74) is 0.222. The van der Waals surface area contributed by atoms with Gasteiger partial charge in [0.15, 0.2) is 9.84 Å². The molecule has 0 bridgehead atoms. The van der Waals surface area contributed by atoms with Gasteiger partial charge in [-0.1, -0.05) is 17.7 Å². The van der Waals surface area contributed by atoms with Crippen LogP contribution in [0, 0.1) is 0 Å². The number of benzene rings is 2. The van der Waals surface area contributed by atoms with E-state index in [4.69, 9.17) is 26.7 Å². The predicted octanol–water partition coefficient (Wildman–Crippen LogP) is 3.58. The Morgan fingerprint density at radius 1 is 1.10 bits per heavy atom. The first kappa shape index (κ1) is 24.4. The number of rotatable bonds is 4. The molecular formula is C20H22ClNO8S.